The molecule has 0 spiro atoms. The van der Waals surface area contributed by atoms with Crippen LogP contribution in [0, 0.1) is 0 Å². The van der Waals surface area contributed by atoms with Gasteiger partial charge in [-0.1, -0.05) is 6.07 Å². The van der Waals surface area contributed by atoms with E-state index in [1.807, 2.05) is 39.0 Å². The Morgan fingerprint density at radius 2 is 1.77 bits per heavy atom. The highest BCUT2D eigenvalue weighted by Gasteiger charge is 2.15. The number of rotatable bonds is 7. The van der Waals surface area contributed by atoms with Crippen molar-refractivity contribution in [1.82, 2.24) is 10.6 Å². The van der Waals surface area contributed by atoms with E-state index >= 15 is 0 Å². The average molecular weight is 310 g/mol. The quantitative estimate of drug-likeness (QED) is 0.757. The van der Waals surface area contributed by atoms with Crippen molar-refractivity contribution < 1.29 is 19.0 Å². The molecule has 0 aliphatic carbocycles. The van der Waals surface area contributed by atoms with Gasteiger partial charge in [0.1, 0.15) is 5.60 Å². The molecule has 0 saturated heterocycles. The predicted molar refractivity (Wildman–Crippen MR) is 85.5 cm³/mol. The fourth-order valence-electron chi connectivity index (χ4n) is 1.79. The Balaban J connectivity index is 2.29. The second kappa shape index (κ2) is 8.48. The molecule has 0 saturated carbocycles. The number of carbonyl (C=O) groups excluding carboxylic acids is 1. The fourth-order valence-corrected chi connectivity index (χ4v) is 1.79. The Morgan fingerprint density at radius 1 is 1.09 bits per heavy atom. The van der Waals surface area contributed by atoms with Gasteiger partial charge >= 0.3 is 6.09 Å². The zero-order chi connectivity index (χ0) is 16.6. The van der Waals surface area contributed by atoms with Crippen LogP contribution in [0.4, 0.5) is 4.79 Å². The molecule has 0 bridgehead atoms. The zero-order valence-corrected chi connectivity index (χ0v) is 14.0. The Hall–Kier alpha value is -1.95. The van der Waals surface area contributed by atoms with Crippen LogP contribution < -0.4 is 20.1 Å². The summed E-state index contributed by atoms with van der Waals surface area (Å²) in [4.78, 5) is 11.5. The number of hydrogen-bond acceptors (Lipinski definition) is 5. The molecule has 0 unspecified atom stereocenters. The zero-order valence-electron chi connectivity index (χ0n) is 14.0. The van der Waals surface area contributed by atoms with Crippen molar-refractivity contribution in [1.29, 1.82) is 0 Å². The summed E-state index contributed by atoms with van der Waals surface area (Å²) in [5, 5.41) is 5.94. The summed E-state index contributed by atoms with van der Waals surface area (Å²) in [6, 6.07) is 5.76. The highest BCUT2D eigenvalue weighted by Crippen LogP contribution is 2.27. The van der Waals surface area contributed by atoms with Crippen LogP contribution in [0.2, 0.25) is 0 Å². The van der Waals surface area contributed by atoms with Crippen LogP contribution in [-0.4, -0.2) is 39.0 Å². The minimum atomic E-state index is -0.475. The normalized spacial score (nSPS) is 11.0. The van der Waals surface area contributed by atoms with Gasteiger partial charge in [-0.3, -0.25) is 0 Å². The Kier molecular flexibility index (Phi) is 6.98. The van der Waals surface area contributed by atoms with Crippen molar-refractivity contribution in [2.75, 3.05) is 27.3 Å². The molecule has 0 aromatic heterocycles. The molecule has 0 radical (unpaired) electrons. The molecule has 124 valence electrons. The summed E-state index contributed by atoms with van der Waals surface area (Å²) < 4.78 is 15.6. The van der Waals surface area contributed by atoms with Crippen molar-refractivity contribution >= 4 is 6.09 Å². The third-order valence-corrected chi connectivity index (χ3v) is 2.75. The number of hydrogen-bond donors (Lipinski definition) is 2. The maximum atomic E-state index is 11.5. The highest BCUT2D eigenvalue weighted by molar-refractivity contribution is 5.67. The van der Waals surface area contributed by atoms with Gasteiger partial charge in [-0.05, 0) is 38.5 Å². The van der Waals surface area contributed by atoms with Crippen molar-refractivity contribution in [3.63, 3.8) is 0 Å². The van der Waals surface area contributed by atoms with Gasteiger partial charge in [0.15, 0.2) is 11.5 Å². The van der Waals surface area contributed by atoms with Gasteiger partial charge < -0.3 is 24.8 Å². The van der Waals surface area contributed by atoms with Crippen molar-refractivity contribution in [2.24, 2.45) is 0 Å². The first-order valence-corrected chi connectivity index (χ1v) is 7.24. The van der Waals surface area contributed by atoms with Crippen LogP contribution in [0.15, 0.2) is 18.2 Å². The lowest BCUT2D eigenvalue weighted by molar-refractivity contribution is 0.0528. The van der Waals surface area contributed by atoms with E-state index in [2.05, 4.69) is 10.6 Å². The van der Waals surface area contributed by atoms with Gasteiger partial charge in [0.25, 0.3) is 0 Å². The predicted octanol–water partition coefficient (Wildman–Crippen LogP) is 2.32. The molecule has 0 heterocycles. The molecule has 2 N–H and O–H groups in total. The summed E-state index contributed by atoms with van der Waals surface area (Å²) >= 11 is 0. The molecule has 0 atom stereocenters. The summed E-state index contributed by atoms with van der Waals surface area (Å²) in [6.07, 6.45) is -0.402. The number of ether oxygens (including phenoxy) is 3. The standard InChI is InChI=1S/C16H26N2O4/c1-16(2,3)22-15(19)18-9-8-17-11-12-6-7-13(20-4)14(10-12)21-5/h6-7,10,17H,8-9,11H2,1-5H3,(H,18,19). The first-order valence-electron chi connectivity index (χ1n) is 7.24. The lowest BCUT2D eigenvalue weighted by Gasteiger charge is -2.19. The molecule has 0 aliphatic heterocycles. The number of carbonyl (C=O) groups is 1. The van der Waals surface area contributed by atoms with Crippen LogP contribution in [0.5, 0.6) is 11.5 Å². The topological polar surface area (TPSA) is 68.8 Å². The molecular weight excluding hydrogens is 284 g/mol. The number of alkyl carbamates (subject to hydrolysis) is 1. The number of methoxy groups -OCH3 is 2. The van der Waals surface area contributed by atoms with Crippen LogP contribution in [0.1, 0.15) is 26.3 Å². The number of amides is 1. The van der Waals surface area contributed by atoms with Crippen molar-refractivity contribution in [3.05, 3.63) is 23.8 Å². The van der Waals surface area contributed by atoms with E-state index < -0.39 is 11.7 Å². The smallest absolute Gasteiger partial charge is 0.407 e. The molecule has 22 heavy (non-hydrogen) atoms. The Bertz CT molecular complexity index is 484. The van der Waals surface area contributed by atoms with Crippen LogP contribution in [0.3, 0.4) is 0 Å². The Morgan fingerprint density at radius 3 is 2.36 bits per heavy atom. The monoisotopic (exact) mass is 310 g/mol. The Labute approximate surface area is 132 Å². The largest absolute Gasteiger partial charge is 0.493 e. The second-order valence-corrected chi connectivity index (χ2v) is 5.79. The van der Waals surface area contributed by atoms with E-state index in [4.69, 9.17) is 14.2 Å². The van der Waals surface area contributed by atoms with Crippen LogP contribution in [-0.2, 0) is 11.3 Å². The van der Waals surface area contributed by atoms with Gasteiger partial charge in [-0.2, -0.15) is 0 Å². The van der Waals surface area contributed by atoms with Gasteiger partial charge in [-0.25, -0.2) is 4.79 Å². The first-order chi connectivity index (χ1) is 10.4. The number of nitrogens with one attached hydrogen (secondary N) is 2. The summed E-state index contributed by atoms with van der Waals surface area (Å²) in [5.74, 6) is 1.41. The minimum absolute atomic E-state index is 0.402. The van der Waals surface area contributed by atoms with E-state index in [9.17, 15) is 4.79 Å². The third kappa shape index (κ3) is 6.67. The second-order valence-electron chi connectivity index (χ2n) is 5.79. The van der Waals surface area contributed by atoms with Crippen LogP contribution >= 0.6 is 0 Å². The molecule has 6 nitrogen and oxygen atoms in total. The molecule has 1 aromatic carbocycles. The minimum Gasteiger partial charge on any atom is -0.493 e. The van der Waals surface area contributed by atoms with E-state index in [-0.39, 0.29) is 0 Å². The molecule has 0 fully saturated rings. The average Bonchev–Trinajstić information content (AvgIpc) is 2.44. The van der Waals surface area contributed by atoms with Gasteiger partial charge in [-0.15, -0.1) is 0 Å². The molecule has 1 aromatic rings. The summed E-state index contributed by atoms with van der Waals surface area (Å²) in [7, 11) is 3.22. The van der Waals surface area contributed by atoms with E-state index in [0.717, 1.165) is 5.56 Å². The number of benzene rings is 1. The lowest BCUT2D eigenvalue weighted by atomic mass is 10.2. The van der Waals surface area contributed by atoms with Gasteiger partial charge in [0.05, 0.1) is 14.2 Å². The van der Waals surface area contributed by atoms with E-state index in [1.165, 1.54) is 0 Å². The summed E-state index contributed by atoms with van der Waals surface area (Å²) in [5.41, 5.74) is 0.604. The third-order valence-electron chi connectivity index (χ3n) is 2.75. The molecular formula is C16H26N2O4. The van der Waals surface area contributed by atoms with E-state index in [0.29, 0.717) is 31.1 Å². The molecule has 1 rings (SSSR count). The molecule has 1 amide bonds. The first kappa shape index (κ1) is 18.1. The maximum Gasteiger partial charge on any atom is 0.407 e. The maximum absolute atomic E-state index is 11.5. The van der Waals surface area contributed by atoms with Gasteiger partial charge in [0, 0.05) is 19.6 Å². The SMILES string of the molecule is COc1ccc(CNCCNC(=O)OC(C)(C)C)cc1OC. The van der Waals surface area contributed by atoms with E-state index in [1.54, 1.807) is 14.2 Å². The van der Waals surface area contributed by atoms with Crippen molar-refractivity contribution in [2.45, 2.75) is 32.9 Å². The lowest BCUT2D eigenvalue weighted by Crippen LogP contribution is -2.36. The summed E-state index contributed by atoms with van der Waals surface area (Å²) in [6.45, 7) is 7.33. The van der Waals surface area contributed by atoms with Crippen molar-refractivity contribution in [3.8, 4) is 11.5 Å². The van der Waals surface area contributed by atoms with Crippen LogP contribution in [0.25, 0.3) is 0 Å². The molecule has 0 aliphatic rings. The van der Waals surface area contributed by atoms with Gasteiger partial charge in [0.2, 0.25) is 0 Å². The highest BCUT2D eigenvalue weighted by atomic mass is 16.6. The fraction of sp³-hybridized carbons (Fsp3) is 0.562. The molecule has 6 heteroatoms.